The fraction of sp³-hybridized carbons (Fsp3) is 0.286. The summed E-state index contributed by atoms with van der Waals surface area (Å²) in [5, 5.41) is 0. The van der Waals surface area contributed by atoms with E-state index in [1.165, 1.54) is 12.1 Å². The zero-order chi connectivity index (χ0) is 14.3. The number of allylic oxidation sites excluding steroid dienone is 3. The molecule has 0 atom stereocenters. The van der Waals surface area contributed by atoms with Crippen molar-refractivity contribution in [2.24, 2.45) is 0 Å². The summed E-state index contributed by atoms with van der Waals surface area (Å²) < 4.78 is 41.7. The first-order valence-corrected chi connectivity index (χ1v) is 7.47. The van der Waals surface area contributed by atoms with Crippen LogP contribution in [-0.4, -0.2) is 8.42 Å². The fourth-order valence-corrected chi connectivity index (χ4v) is 2.28. The molecule has 0 aliphatic heterocycles. The van der Waals surface area contributed by atoms with E-state index in [1.807, 2.05) is 19.9 Å². The second kappa shape index (κ2) is 7.09. The lowest BCUT2D eigenvalue weighted by Gasteiger charge is -2.07. The van der Waals surface area contributed by atoms with E-state index in [9.17, 15) is 12.8 Å². The highest BCUT2D eigenvalue weighted by molar-refractivity contribution is 7.86. The van der Waals surface area contributed by atoms with Crippen LogP contribution in [0.15, 0.2) is 53.1 Å². The van der Waals surface area contributed by atoms with Gasteiger partial charge in [-0.05, 0) is 49.3 Å². The van der Waals surface area contributed by atoms with Crippen LogP contribution in [-0.2, 0) is 14.3 Å². The van der Waals surface area contributed by atoms with Gasteiger partial charge in [0.15, 0.2) is 0 Å². The van der Waals surface area contributed by atoms with Crippen molar-refractivity contribution in [1.82, 2.24) is 0 Å². The maximum Gasteiger partial charge on any atom is 0.339 e. The second-order valence-electron chi connectivity index (χ2n) is 3.82. The van der Waals surface area contributed by atoms with Crippen LogP contribution in [0.5, 0.6) is 0 Å². The monoisotopic (exact) mass is 284 g/mol. The highest BCUT2D eigenvalue weighted by Crippen LogP contribution is 2.17. The van der Waals surface area contributed by atoms with E-state index in [0.29, 0.717) is 6.42 Å². The van der Waals surface area contributed by atoms with Gasteiger partial charge in [-0.15, -0.1) is 0 Å². The van der Waals surface area contributed by atoms with Crippen LogP contribution >= 0.6 is 0 Å². The van der Waals surface area contributed by atoms with Crippen LogP contribution in [0.3, 0.4) is 0 Å². The van der Waals surface area contributed by atoms with Crippen LogP contribution in [0.1, 0.15) is 26.7 Å². The first-order chi connectivity index (χ1) is 8.99. The molecule has 0 spiro atoms. The Morgan fingerprint density at radius 2 is 1.84 bits per heavy atom. The first-order valence-electron chi connectivity index (χ1n) is 6.06. The number of halogens is 1. The van der Waals surface area contributed by atoms with E-state index in [2.05, 4.69) is 0 Å². The lowest BCUT2D eigenvalue weighted by molar-refractivity contribution is 0.418. The van der Waals surface area contributed by atoms with Crippen molar-refractivity contribution in [3.8, 4) is 0 Å². The normalized spacial score (nSPS) is 12.9. The molecular formula is C14H17FO3S. The Morgan fingerprint density at radius 1 is 1.21 bits per heavy atom. The van der Waals surface area contributed by atoms with Crippen molar-refractivity contribution in [2.75, 3.05) is 0 Å². The van der Waals surface area contributed by atoms with Gasteiger partial charge in [-0.3, -0.25) is 0 Å². The van der Waals surface area contributed by atoms with E-state index in [-0.39, 0.29) is 10.7 Å². The molecule has 19 heavy (non-hydrogen) atoms. The molecule has 0 saturated carbocycles. The summed E-state index contributed by atoms with van der Waals surface area (Å²) in [6, 6.07) is 4.53. The summed E-state index contributed by atoms with van der Waals surface area (Å²) in [6.07, 6.45) is 6.53. The molecule has 3 nitrogen and oxygen atoms in total. The third-order valence-corrected chi connectivity index (χ3v) is 3.49. The van der Waals surface area contributed by atoms with Gasteiger partial charge >= 0.3 is 10.1 Å². The molecular weight excluding hydrogens is 267 g/mol. The van der Waals surface area contributed by atoms with E-state index >= 15 is 0 Å². The zero-order valence-electron chi connectivity index (χ0n) is 11.0. The Bertz CT molecular complexity index is 557. The molecule has 0 radical (unpaired) electrons. The molecule has 0 fully saturated rings. The third kappa shape index (κ3) is 4.87. The van der Waals surface area contributed by atoms with Crippen molar-refractivity contribution >= 4 is 10.1 Å². The van der Waals surface area contributed by atoms with Gasteiger partial charge in [0.05, 0.1) is 0 Å². The van der Waals surface area contributed by atoms with Crippen molar-refractivity contribution in [3.63, 3.8) is 0 Å². The van der Waals surface area contributed by atoms with Gasteiger partial charge in [-0.25, -0.2) is 4.39 Å². The van der Waals surface area contributed by atoms with E-state index < -0.39 is 15.9 Å². The van der Waals surface area contributed by atoms with Gasteiger partial charge in [-0.2, -0.15) is 8.42 Å². The Hall–Kier alpha value is -1.62. The summed E-state index contributed by atoms with van der Waals surface area (Å²) in [5.41, 5.74) is 0. The Kier molecular flexibility index (Phi) is 5.76. The number of hydrogen-bond donors (Lipinski definition) is 0. The minimum atomic E-state index is -3.92. The summed E-state index contributed by atoms with van der Waals surface area (Å²) in [5.74, 6) is -0.220. The molecule has 0 N–H and O–H groups in total. The van der Waals surface area contributed by atoms with Crippen molar-refractivity contribution < 1.29 is 17.0 Å². The standard InChI is InChI=1S/C14H17FO3S/c1-3-5-7-13(6-4-2)18-19(16,17)14-10-8-12(15)9-11-14/h5-11H,3-4H2,1-2H3/b7-5-,13-6+. The molecule has 0 saturated heterocycles. The summed E-state index contributed by atoms with van der Waals surface area (Å²) in [6.45, 7) is 3.82. The van der Waals surface area contributed by atoms with Crippen molar-refractivity contribution in [3.05, 3.63) is 54.1 Å². The number of hydrogen-bond acceptors (Lipinski definition) is 3. The molecule has 0 heterocycles. The largest absolute Gasteiger partial charge is 0.379 e. The Morgan fingerprint density at radius 3 is 2.37 bits per heavy atom. The molecule has 0 aliphatic rings. The summed E-state index contributed by atoms with van der Waals surface area (Å²) in [4.78, 5) is -0.0687. The van der Waals surface area contributed by atoms with Crippen LogP contribution in [0.4, 0.5) is 4.39 Å². The highest BCUT2D eigenvalue weighted by atomic mass is 32.2. The van der Waals surface area contributed by atoms with Gasteiger partial charge < -0.3 is 4.18 Å². The molecule has 0 unspecified atom stereocenters. The van der Waals surface area contributed by atoms with E-state index in [4.69, 9.17) is 4.18 Å². The predicted octanol–water partition coefficient (Wildman–Crippen LogP) is 3.79. The summed E-state index contributed by atoms with van der Waals surface area (Å²) >= 11 is 0. The molecule has 0 amide bonds. The van der Waals surface area contributed by atoms with Crippen LogP contribution in [0, 0.1) is 5.82 Å². The highest BCUT2D eigenvalue weighted by Gasteiger charge is 2.16. The molecule has 104 valence electrons. The average molecular weight is 284 g/mol. The molecule has 1 aromatic carbocycles. The molecule has 1 rings (SSSR count). The SMILES string of the molecule is CC/C=C\C(=C/CC)OS(=O)(=O)c1ccc(F)cc1. The Balaban J connectivity index is 2.97. The smallest absolute Gasteiger partial charge is 0.339 e. The van der Waals surface area contributed by atoms with Gasteiger partial charge in [0.2, 0.25) is 0 Å². The predicted molar refractivity (Wildman–Crippen MR) is 72.5 cm³/mol. The maximum absolute atomic E-state index is 12.8. The van der Waals surface area contributed by atoms with Crippen LogP contribution < -0.4 is 0 Å². The number of rotatable bonds is 6. The molecule has 1 aromatic rings. The minimum absolute atomic E-state index is 0.0687. The third-order valence-electron chi connectivity index (χ3n) is 2.23. The van der Waals surface area contributed by atoms with Crippen LogP contribution in [0.25, 0.3) is 0 Å². The van der Waals surface area contributed by atoms with Gasteiger partial charge in [0, 0.05) is 0 Å². The average Bonchev–Trinajstić information content (AvgIpc) is 2.36. The molecule has 0 aromatic heterocycles. The molecule has 0 aliphatic carbocycles. The van der Waals surface area contributed by atoms with E-state index in [0.717, 1.165) is 18.6 Å². The lowest BCUT2D eigenvalue weighted by atomic mass is 10.3. The summed E-state index contributed by atoms with van der Waals surface area (Å²) in [7, 11) is -3.92. The van der Waals surface area contributed by atoms with Crippen molar-refractivity contribution in [1.29, 1.82) is 0 Å². The topological polar surface area (TPSA) is 43.4 Å². The van der Waals surface area contributed by atoms with Crippen LogP contribution in [0.2, 0.25) is 0 Å². The first kappa shape index (κ1) is 15.4. The number of benzene rings is 1. The van der Waals surface area contributed by atoms with Gasteiger partial charge in [0.1, 0.15) is 16.5 Å². The zero-order valence-corrected chi connectivity index (χ0v) is 11.8. The quantitative estimate of drug-likeness (QED) is 0.453. The lowest BCUT2D eigenvalue weighted by Crippen LogP contribution is -2.05. The Labute approximate surface area is 113 Å². The minimum Gasteiger partial charge on any atom is -0.379 e. The fourth-order valence-electron chi connectivity index (χ4n) is 1.34. The maximum atomic E-state index is 12.8. The second-order valence-corrected chi connectivity index (χ2v) is 5.36. The molecule has 0 bridgehead atoms. The van der Waals surface area contributed by atoms with Gasteiger partial charge in [0.25, 0.3) is 0 Å². The van der Waals surface area contributed by atoms with E-state index in [1.54, 1.807) is 12.2 Å². The van der Waals surface area contributed by atoms with Gasteiger partial charge in [-0.1, -0.05) is 19.9 Å². The van der Waals surface area contributed by atoms with Crippen molar-refractivity contribution in [2.45, 2.75) is 31.6 Å². The molecule has 5 heteroatoms.